The summed E-state index contributed by atoms with van der Waals surface area (Å²) in [6.45, 7) is 3.22. The van der Waals surface area contributed by atoms with Gasteiger partial charge in [-0.25, -0.2) is 0 Å². The van der Waals surface area contributed by atoms with Gasteiger partial charge in [-0.2, -0.15) is 0 Å². The van der Waals surface area contributed by atoms with Crippen molar-refractivity contribution in [1.82, 2.24) is 0 Å². The zero-order chi connectivity index (χ0) is 8.85. The first-order chi connectivity index (χ1) is 5.07. The second kappa shape index (κ2) is 4.92. The summed E-state index contributed by atoms with van der Waals surface area (Å²) in [5.74, 6) is -1.02. The quantitative estimate of drug-likeness (QED) is 0.580. The molecule has 0 saturated heterocycles. The number of thioether (sulfide) groups is 1. The third-order valence-electron chi connectivity index (χ3n) is 0.889. The predicted molar refractivity (Wildman–Crippen MR) is 43.3 cm³/mol. The van der Waals surface area contributed by atoms with Gasteiger partial charge in [0.15, 0.2) is 0 Å². The van der Waals surface area contributed by atoms with Crippen LogP contribution in [-0.4, -0.2) is 28.0 Å². The van der Waals surface area contributed by atoms with Crippen molar-refractivity contribution in [2.45, 2.75) is 6.04 Å². The molecule has 11 heavy (non-hydrogen) atoms. The molecule has 0 aliphatic carbocycles. The smallest absolute Gasteiger partial charge is 0.321 e. The fraction of sp³-hybridized carbons (Fsp3) is 0.333. The molecule has 1 unspecified atom stereocenters. The highest BCUT2D eigenvalue weighted by molar-refractivity contribution is 8.14. The van der Waals surface area contributed by atoms with Crippen LogP contribution < -0.4 is 5.73 Å². The Hall–Kier alpha value is -0.810. The highest BCUT2D eigenvalue weighted by Crippen LogP contribution is 2.03. The normalized spacial score (nSPS) is 12.1. The van der Waals surface area contributed by atoms with E-state index in [9.17, 15) is 9.59 Å². The van der Waals surface area contributed by atoms with Gasteiger partial charge in [0.05, 0.1) is 0 Å². The summed E-state index contributed by atoms with van der Waals surface area (Å²) in [5.41, 5.74) is 5.11. The molecule has 0 fully saturated rings. The Morgan fingerprint density at radius 3 is 2.64 bits per heavy atom. The minimum atomic E-state index is -1.10. The van der Waals surface area contributed by atoms with Crippen LogP contribution in [0.3, 0.4) is 0 Å². The Morgan fingerprint density at radius 2 is 2.27 bits per heavy atom. The Balaban J connectivity index is 3.62. The van der Waals surface area contributed by atoms with Crippen LogP contribution in [0.2, 0.25) is 0 Å². The van der Waals surface area contributed by atoms with Gasteiger partial charge < -0.3 is 10.8 Å². The number of carbonyl (C=O) groups excluding carboxylic acids is 1. The lowest BCUT2D eigenvalue weighted by Crippen LogP contribution is -2.32. The van der Waals surface area contributed by atoms with E-state index in [2.05, 4.69) is 6.58 Å². The van der Waals surface area contributed by atoms with Crippen molar-refractivity contribution in [3.8, 4) is 0 Å². The molecule has 1 atom stereocenters. The van der Waals surface area contributed by atoms with Gasteiger partial charge in [0.25, 0.3) is 0 Å². The standard InChI is InChI=1S/C6H9NO3S/c1-2-5(8)11-3-4(7)6(9)10/h2,4H,1,3,7H2,(H,9,10). The largest absolute Gasteiger partial charge is 0.480 e. The van der Waals surface area contributed by atoms with Crippen molar-refractivity contribution in [1.29, 1.82) is 0 Å². The van der Waals surface area contributed by atoms with E-state index < -0.39 is 12.0 Å². The van der Waals surface area contributed by atoms with Gasteiger partial charge >= 0.3 is 5.97 Å². The Morgan fingerprint density at radius 1 is 1.73 bits per heavy atom. The highest BCUT2D eigenvalue weighted by Gasteiger charge is 2.12. The molecule has 0 spiro atoms. The number of nitrogens with two attached hydrogens (primary N) is 1. The molecule has 0 aromatic heterocycles. The Labute approximate surface area is 68.5 Å². The molecule has 0 amide bonds. The molecule has 0 aromatic carbocycles. The molecule has 62 valence electrons. The maximum atomic E-state index is 10.5. The number of carbonyl (C=O) groups is 2. The van der Waals surface area contributed by atoms with E-state index in [1.54, 1.807) is 0 Å². The van der Waals surface area contributed by atoms with Gasteiger partial charge in [-0.1, -0.05) is 18.3 Å². The number of rotatable bonds is 4. The average molecular weight is 175 g/mol. The minimum Gasteiger partial charge on any atom is -0.480 e. The van der Waals surface area contributed by atoms with Crippen molar-refractivity contribution in [3.63, 3.8) is 0 Å². The number of hydrogen-bond donors (Lipinski definition) is 2. The molecular weight excluding hydrogens is 166 g/mol. The van der Waals surface area contributed by atoms with Gasteiger partial charge in [-0.05, 0) is 6.08 Å². The summed E-state index contributed by atoms with van der Waals surface area (Å²) in [7, 11) is 0. The minimum absolute atomic E-state index is 0.0835. The maximum Gasteiger partial charge on any atom is 0.321 e. The van der Waals surface area contributed by atoms with Crippen molar-refractivity contribution in [2.75, 3.05) is 5.75 Å². The van der Waals surface area contributed by atoms with Crippen LogP contribution in [0.4, 0.5) is 0 Å². The van der Waals surface area contributed by atoms with Crippen molar-refractivity contribution >= 4 is 22.8 Å². The lowest BCUT2D eigenvalue weighted by Gasteiger charge is -2.01. The monoisotopic (exact) mass is 175 g/mol. The molecule has 0 aliphatic rings. The first-order valence-corrected chi connectivity index (χ1v) is 3.84. The van der Waals surface area contributed by atoms with Gasteiger partial charge in [0, 0.05) is 5.75 Å². The van der Waals surface area contributed by atoms with E-state index in [0.717, 1.165) is 17.8 Å². The molecule has 4 nitrogen and oxygen atoms in total. The van der Waals surface area contributed by atoms with E-state index in [4.69, 9.17) is 10.8 Å². The average Bonchev–Trinajstić information content (AvgIpc) is 1.99. The zero-order valence-electron chi connectivity index (χ0n) is 5.82. The van der Waals surface area contributed by atoms with Crippen molar-refractivity contribution in [2.24, 2.45) is 5.73 Å². The van der Waals surface area contributed by atoms with Gasteiger partial charge in [-0.3, -0.25) is 9.59 Å². The van der Waals surface area contributed by atoms with Gasteiger partial charge in [0.1, 0.15) is 6.04 Å². The van der Waals surface area contributed by atoms with Crippen LogP contribution in [0.15, 0.2) is 12.7 Å². The maximum absolute atomic E-state index is 10.5. The molecule has 0 aromatic rings. The summed E-state index contributed by atoms with van der Waals surface area (Å²) in [6.07, 6.45) is 1.12. The third kappa shape index (κ3) is 4.58. The van der Waals surface area contributed by atoms with Gasteiger partial charge in [0.2, 0.25) is 5.12 Å². The zero-order valence-corrected chi connectivity index (χ0v) is 6.63. The lowest BCUT2D eigenvalue weighted by atomic mass is 10.4. The molecule has 0 bridgehead atoms. The summed E-state index contributed by atoms with van der Waals surface area (Å²) >= 11 is 0.850. The second-order valence-electron chi connectivity index (χ2n) is 1.78. The SMILES string of the molecule is C=CC(=O)SCC(N)C(=O)O. The Bertz CT molecular complexity index is 181. The number of hydrogen-bond acceptors (Lipinski definition) is 4. The fourth-order valence-corrected chi connectivity index (χ4v) is 0.906. The summed E-state index contributed by atoms with van der Waals surface area (Å²) in [6, 6.07) is -0.983. The first-order valence-electron chi connectivity index (χ1n) is 2.85. The van der Waals surface area contributed by atoms with E-state index in [0.29, 0.717) is 0 Å². The Kier molecular flexibility index (Phi) is 4.56. The molecule has 5 heteroatoms. The van der Waals surface area contributed by atoms with Crippen LogP contribution in [0.25, 0.3) is 0 Å². The first kappa shape index (κ1) is 10.2. The summed E-state index contributed by atoms with van der Waals surface area (Å²) in [4.78, 5) is 20.7. The van der Waals surface area contributed by atoms with E-state index in [-0.39, 0.29) is 10.9 Å². The topological polar surface area (TPSA) is 80.4 Å². The molecule has 0 saturated carbocycles. The number of carboxylic acids is 1. The third-order valence-corrected chi connectivity index (χ3v) is 1.87. The second-order valence-corrected chi connectivity index (χ2v) is 2.80. The van der Waals surface area contributed by atoms with E-state index >= 15 is 0 Å². The highest BCUT2D eigenvalue weighted by atomic mass is 32.2. The van der Waals surface area contributed by atoms with Crippen LogP contribution >= 0.6 is 11.8 Å². The van der Waals surface area contributed by atoms with E-state index in [1.807, 2.05) is 0 Å². The summed E-state index contributed by atoms with van der Waals surface area (Å²) < 4.78 is 0. The molecule has 0 aliphatic heterocycles. The number of carboxylic acid groups (broad SMARTS) is 1. The van der Waals surface area contributed by atoms with Crippen LogP contribution in [0.5, 0.6) is 0 Å². The molecule has 0 heterocycles. The molecule has 0 radical (unpaired) electrons. The van der Waals surface area contributed by atoms with Crippen LogP contribution in [-0.2, 0) is 9.59 Å². The van der Waals surface area contributed by atoms with Crippen molar-refractivity contribution in [3.05, 3.63) is 12.7 Å². The van der Waals surface area contributed by atoms with E-state index in [1.165, 1.54) is 0 Å². The van der Waals surface area contributed by atoms with Gasteiger partial charge in [-0.15, -0.1) is 0 Å². The van der Waals surface area contributed by atoms with Crippen LogP contribution in [0, 0.1) is 0 Å². The fourth-order valence-electron chi connectivity index (χ4n) is 0.302. The van der Waals surface area contributed by atoms with Crippen molar-refractivity contribution < 1.29 is 14.7 Å². The molecular formula is C6H9NO3S. The summed E-state index contributed by atoms with van der Waals surface area (Å²) in [5, 5.41) is 8.03. The predicted octanol–water partition coefficient (Wildman–Crippen LogP) is -0.156. The molecule has 0 rings (SSSR count). The molecule has 3 N–H and O–H groups in total. The number of aliphatic carboxylic acids is 1. The lowest BCUT2D eigenvalue weighted by molar-refractivity contribution is -0.137. The van der Waals surface area contributed by atoms with Crippen LogP contribution in [0.1, 0.15) is 0 Å².